The molecule has 0 atom stereocenters. The molecule has 1 aromatic carbocycles. The van der Waals surface area contributed by atoms with E-state index in [1.54, 1.807) is 12.1 Å². The third-order valence-corrected chi connectivity index (χ3v) is 3.43. The number of ether oxygens (including phenoxy) is 2. The minimum Gasteiger partial charge on any atom is -0.495 e. The van der Waals surface area contributed by atoms with Crippen LogP contribution >= 0.6 is 0 Å². The predicted octanol–water partition coefficient (Wildman–Crippen LogP) is 0.146. The lowest BCUT2D eigenvalue weighted by molar-refractivity contribution is -0.139. The van der Waals surface area contributed by atoms with Gasteiger partial charge >= 0.3 is 5.97 Å². The molecule has 0 aliphatic heterocycles. The molecule has 0 amide bonds. The summed E-state index contributed by atoms with van der Waals surface area (Å²) in [6, 6.07) is 6.12. The molecule has 17 heavy (non-hydrogen) atoms. The van der Waals surface area contributed by atoms with Gasteiger partial charge in [0.2, 0.25) is 10.0 Å². The maximum Gasteiger partial charge on any atom is 0.320 e. The van der Waals surface area contributed by atoms with E-state index in [0.717, 1.165) is 0 Å². The fourth-order valence-corrected chi connectivity index (χ4v) is 2.28. The summed E-state index contributed by atoms with van der Waals surface area (Å²) < 4.78 is 35.1. The van der Waals surface area contributed by atoms with Gasteiger partial charge in [-0.05, 0) is 12.1 Å². The maximum atomic E-state index is 11.8. The third kappa shape index (κ3) is 3.43. The topological polar surface area (TPSA) is 81.7 Å². The highest BCUT2D eigenvalue weighted by atomic mass is 32.2. The van der Waals surface area contributed by atoms with E-state index in [-0.39, 0.29) is 10.6 Å². The Hall–Kier alpha value is -1.60. The summed E-state index contributed by atoms with van der Waals surface area (Å²) in [6.07, 6.45) is 0. The Labute approximate surface area is 99.6 Å². The van der Waals surface area contributed by atoms with Gasteiger partial charge in [0.25, 0.3) is 0 Å². The first kappa shape index (κ1) is 13.5. The molecule has 1 N–H and O–H groups in total. The average molecular weight is 259 g/mol. The normalized spacial score (nSPS) is 10.9. The lowest BCUT2D eigenvalue weighted by Gasteiger charge is -2.09. The molecule has 0 aliphatic carbocycles. The predicted molar refractivity (Wildman–Crippen MR) is 60.2 cm³/mol. The van der Waals surface area contributed by atoms with E-state index in [9.17, 15) is 13.2 Å². The fraction of sp³-hybridized carbons (Fsp3) is 0.300. The summed E-state index contributed by atoms with van der Waals surface area (Å²) in [5.41, 5.74) is 0. The molecule has 0 unspecified atom stereocenters. The van der Waals surface area contributed by atoms with Crippen LogP contribution < -0.4 is 9.46 Å². The van der Waals surface area contributed by atoms with Gasteiger partial charge in [0, 0.05) is 0 Å². The van der Waals surface area contributed by atoms with Gasteiger partial charge in [0.05, 0.1) is 14.2 Å². The minimum atomic E-state index is -3.78. The smallest absolute Gasteiger partial charge is 0.320 e. The number of esters is 1. The summed E-state index contributed by atoms with van der Waals surface area (Å²) in [5.74, 6) is -0.451. The van der Waals surface area contributed by atoms with Crippen molar-refractivity contribution in [3.63, 3.8) is 0 Å². The Morgan fingerprint density at radius 2 is 1.94 bits per heavy atom. The molecule has 0 fully saturated rings. The van der Waals surface area contributed by atoms with Crippen molar-refractivity contribution in [3.05, 3.63) is 24.3 Å². The number of para-hydroxylation sites is 1. The van der Waals surface area contributed by atoms with Gasteiger partial charge in [-0.2, -0.15) is 4.72 Å². The summed E-state index contributed by atoms with van der Waals surface area (Å²) in [7, 11) is -1.23. The number of methoxy groups -OCH3 is 2. The first-order valence-corrected chi connectivity index (χ1v) is 6.19. The molecule has 0 aliphatic rings. The quantitative estimate of drug-likeness (QED) is 0.761. The van der Waals surface area contributed by atoms with Crippen LogP contribution in [0.4, 0.5) is 0 Å². The number of nitrogens with one attached hydrogen (secondary N) is 1. The van der Waals surface area contributed by atoms with Crippen LogP contribution in [-0.4, -0.2) is 35.2 Å². The van der Waals surface area contributed by atoms with Crippen molar-refractivity contribution >= 4 is 16.0 Å². The number of hydrogen-bond acceptors (Lipinski definition) is 5. The zero-order valence-electron chi connectivity index (χ0n) is 9.47. The van der Waals surface area contributed by atoms with E-state index < -0.39 is 22.5 Å². The van der Waals surface area contributed by atoms with E-state index in [2.05, 4.69) is 9.46 Å². The minimum absolute atomic E-state index is 0.0218. The molecule has 1 aromatic rings. The number of carbonyl (C=O) groups is 1. The van der Waals surface area contributed by atoms with E-state index in [4.69, 9.17) is 4.74 Å². The number of carbonyl (C=O) groups excluding carboxylic acids is 1. The molecule has 0 spiro atoms. The summed E-state index contributed by atoms with van der Waals surface area (Å²) in [5, 5.41) is 0. The summed E-state index contributed by atoms with van der Waals surface area (Å²) >= 11 is 0. The zero-order valence-corrected chi connectivity index (χ0v) is 10.3. The number of rotatable bonds is 5. The molecule has 0 saturated carbocycles. The van der Waals surface area contributed by atoms with Gasteiger partial charge in [0.1, 0.15) is 17.2 Å². The van der Waals surface area contributed by atoms with Gasteiger partial charge in [0.15, 0.2) is 0 Å². The first-order chi connectivity index (χ1) is 8.01. The largest absolute Gasteiger partial charge is 0.495 e. The van der Waals surface area contributed by atoms with Crippen LogP contribution in [0.25, 0.3) is 0 Å². The monoisotopic (exact) mass is 259 g/mol. The number of sulfonamides is 1. The molecule has 0 heterocycles. The first-order valence-electron chi connectivity index (χ1n) is 4.70. The molecule has 0 radical (unpaired) electrons. The van der Waals surface area contributed by atoms with Gasteiger partial charge in [-0.25, -0.2) is 8.42 Å². The standard InChI is InChI=1S/C10H13NO5S/c1-15-8-5-3-4-6-9(8)17(13,14)11-7-10(12)16-2/h3-6,11H,7H2,1-2H3. The van der Waals surface area contributed by atoms with Crippen molar-refractivity contribution in [1.82, 2.24) is 4.72 Å². The molecule has 0 saturated heterocycles. The Morgan fingerprint density at radius 1 is 1.29 bits per heavy atom. The third-order valence-electron chi connectivity index (χ3n) is 1.99. The van der Waals surface area contributed by atoms with E-state index in [0.29, 0.717) is 0 Å². The van der Waals surface area contributed by atoms with E-state index in [1.165, 1.54) is 26.4 Å². The van der Waals surface area contributed by atoms with Crippen LogP contribution in [0.5, 0.6) is 5.75 Å². The number of benzene rings is 1. The van der Waals surface area contributed by atoms with E-state index in [1.807, 2.05) is 0 Å². The van der Waals surface area contributed by atoms with E-state index >= 15 is 0 Å². The average Bonchev–Trinajstić information content (AvgIpc) is 2.35. The Morgan fingerprint density at radius 3 is 2.53 bits per heavy atom. The second-order valence-electron chi connectivity index (χ2n) is 3.05. The molecule has 6 nitrogen and oxygen atoms in total. The molecular weight excluding hydrogens is 246 g/mol. The molecule has 94 valence electrons. The SMILES string of the molecule is COC(=O)CNS(=O)(=O)c1ccccc1OC. The summed E-state index contributed by atoms with van der Waals surface area (Å²) in [6.45, 7) is -0.420. The lowest BCUT2D eigenvalue weighted by Crippen LogP contribution is -2.30. The van der Waals surface area contributed by atoms with Crippen LogP contribution in [0.1, 0.15) is 0 Å². The van der Waals surface area contributed by atoms with Crippen LogP contribution in [0.2, 0.25) is 0 Å². The lowest BCUT2D eigenvalue weighted by atomic mass is 10.3. The highest BCUT2D eigenvalue weighted by molar-refractivity contribution is 7.89. The zero-order chi connectivity index (χ0) is 12.9. The molecule has 1 rings (SSSR count). The highest BCUT2D eigenvalue weighted by Gasteiger charge is 2.19. The second kappa shape index (κ2) is 5.65. The molecule has 0 bridgehead atoms. The van der Waals surface area contributed by atoms with Crippen molar-refractivity contribution < 1.29 is 22.7 Å². The highest BCUT2D eigenvalue weighted by Crippen LogP contribution is 2.22. The molecule has 0 aromatic heterocycles. The van der Waals surface area contributed by atoms with Crippen molar-refractivity contribution in [2.24, 2.45) is 0 Å². The van der Waals surface area contributed by atoms with Crippen LogP contribution in [0, 0.1) is 0 Å². The van der Waals surface area contributed by atoms with Gasteiger partial charge in [-0.3, -0.25) is 4.79 Å². The second-order valence-corrected chi connectivity index (χ2v) is 4.79. The van der Waals surface area contributed by atoms with Crippen molar-refractivity contribution in [3.8, 4) is 5.75 Å². The fourth-order valence-electron chi connectivity index (χ4n) is 1.14. The number of hydrogen-bond donors (Lipinski definition) is 1. The van der Waals surface area contributed by atoms with Crippen molar-refractivity contribution in [1.29, 1.82) is 0 Å². The molecular formula is C10H13NO5S. The maximum absolute atomic E-state index is 11.8. The molecule has 7 heteroatoms. The van der Waals surface area contributed by atoms with Crippen LogP contribution in [0.3, 0.4) is 0 Å². The van der Waals surface area contributed by atoms with Gasteiger partial charge in [-0.15, -0.1) is 0 Å². The summed E-state index contributed by atoms with van der Waals surface area (Å²) in [4.78, 5) is 10.8. The van der Waals surface area contributed by atoms with Crippen molar-refractivity contribution in [2.75, 3.05) is 20.8 Å². The van der Waals surface area contributed by atoms with Crippen LogP contribution in [0.15, 0.2) is 29.2 Å². The van der Waals surface area contributed by atoms with Crippen molar-refractivity contribution in [2.45, 2.75) is 4.90 Å². The Balaban J connectivity index is 2.93. The van der Waals surface area contributed by atoms with Gasteiger partial charge in [-0.1, -0.05) is 12.1 Å². The Kier molecular flexibility index (Phi) is 4.47. The van der Waals surface area contributed by atoms with Gasteiger partial charge < -0.3 is 9.47 Å². The van der Waals surface area contributed by atoms with Crippen LogP contribution in [-0.2, 0) is 19.6 Å². The Bertz CT molecular complexity index is 497.